The van der Waals surface area contributed by atoms with Gasteiger partial charge in [0.15, 0.2) is 5.12 Å². The first-order chi connectivity index (χ1) is 7.74. The highest BCUT2D eigenvalue weighted by molar-refractivity contribution is 8.13. The molecule has 0 saturated carbocycles. The first-order valence-corrected chi connectivity index (χ1v) is 6.10. The van der Waals surface area contributed by atoms with Gasteiger partial charge in [-0.25, -0.2) is 0 Å². The summed E-state index contributed by atoms with van der Waals surface area (Å²) < 4.78 is 0. The summed E-state index contributed by atoms with van der Waals surface area (Å²) in [5.74, 6) is 0.672. The van der Waals surface area contributed by atoms with Crippen molar-refractivity contribution in [3.8, 4) is 0 Å². The van der Waals surface area contributed by atoms with Gasteiger partial charge in [0.2, 0.25) is 0 Å². The molecule has 82 valence electrons. The summed E-state index contributed by atoms with van der Waals surface area (Å²) >= 11 is 5.85. The lowest BCUT2D eigenvalue weighted by molar-refractivity contribution is -0.109. The fourth-order valence-corrected chi connectivity index (χ4v) is 1.65. The van der Waals surface area contributed by atoms with Crippen LogP contribution >= 0.6 is 24.0 Å². The minimum absolute atomic E-state index is 0.120. The SMILES string of the molecule is CC(=O)SCC=Cc1ccccc1N=C=S. The molecular formula is C12H11NOS2. The molecule has 1 aromatic rings. The van der Waals surface area contributed by atoms with E-state index in [0.717, 1.165) is 11.3 Å². The van der Waals surface area contributed by atoms with Crippen molar-refractivity contribution in [3.63, 3.8) is 0 Å². The Balaban J connectivity index is 2.72. The van der Waals surface area contributed by atoms with Gasteiger partial charge in [-0.15, -0.1) is 0 Å². The second-order valence-electron chi connectivity index (χ2n) is 2.97. The number of para-hydroxylation sites is 1. The Labute approximate surface area is 104 Å². The molecule has 1 rings (SSSR count). The van der Waals surface area contributed by atoms with Crippen molar-refractivity contribution in [3.05, 3.63) is 35.9 Å². The molecule has 0 unspecified atom stereocenters. The maximum atomic E-state index is 10.7. The van der Waals surface area contributed by atoms with Gasteiger partial charge < -0.3 is 0 Å². The molecule has 0 aromatic heterocycles. The molecule has 0 saturated heterocycles. The summed E-state index contributed by atoms with van der Waals surface area (Å²) in [7, 11) is 0. The van der Waals surface area contributed by atoms with E-state index in [1.54, 1.807) is 6.92 Å². The normalized spacial score (nSPS) is 10.1. The number of isothiocyanates is 1. The van der Waals surface area contributed by atoms with E-state index in [9.17, 15) is 4.79 Å². The maximum Gasteiger partial charge on any atom is 0.186 e. The molecule has 2 nitrogen and oxygen atoms in total. The summed E-state index contributed by atoms with van der Waals surface area (Å²) in [5.41, 5.74) is 1.77. The molecule has 0 amide bonds. The van der Waals surface area contributed by atoms with Crippen molar-refractivity contribution in [1.82, 2.24) is 0 Å². The van der Waals surface area contributed by atoms with Gasteiger partial charge in [-0.05, 0) is 18.3 Å². The molecule has 0 spiro atoms. The Kier molecular flexibility index (Phi) is 5.72. The van der Waals surface area contributed by atoms with Crippen LogP contribution in [-0.2, 0) is 4.79 Å². The molecule has 0 bridgehead atoms. The van der Waals surface area contributed by atoms with Gasteiger partial charge in [-0.2, -0.15) is 4.99 Å². The zero-order valence-electron chi connectivity index (χ0n) is 8.84. The maximum absolute atomic E-state index is 10.7. The van der Waals surface area contributed by atoms with Gasteiger partial charge in [0.05, 0.1) is 10.8 Å². The monoisotopic (exact) mass is 249 g/mol. The predicted octanol–water partition coefficient (Wildman–Crippen LogP) is 3.71. The Bertz CT molecular complexity index is 448. The van der Waals surface area contributed by atoms with E-state index in [1.807, 2.05) is 36.4 Å². The highest BCUT2D eigenvalue weighted by Crippen LogP contribution is 2.19. The fourth-order valence-electron chi connectivity index (χ4n) is 1.12. The topological polar surface area (TPSA) is 29.4 Å². The first kappa shape index (κ1) is 12.8. The first-order valence-electron chi connectivity index (χ1n) is 4.71. The van der Waals surface area contributed by atoms with E-state index in [1.165, 1.54) is 11.8 Å². The Morgan fingerprint density at radius 2 is 2.31 bits per heavy atom. The zero-order chi connectivity index (χ0) is 11.8. The van der Waals surface area contributed by atoms with Gasteiger partial charge in [0, 0.05) is 18.2 Å². The average Bonchev–Trinajstić information content (AvgIpc) is 2.26. The number of thioether (sulfide) groups is 1. The van der Waals surface area contributed by atoms with Gasteiger partial charge in [-0.3, -0.25) is 4.79 Å². The van der Waals surface area contributed by atoms with E-state index < -0.39 is 0 Å². The van der Waals surface area contributed by atoms with Crippen molar-refractivity contribution in [1.29, 1.82) is 0 Å². The van der Waals surface area contributed by atoms with Gasteiger partial charge in [-0.1, -0.05) is 42.1 Å². The molecule has 1 aromatic carbocycles. The van der Waals surface area contributed by atoms with Crippen LogP contribution in [0, 0.1) is 0 Å². The van der Waals surface area contributed by atoms with Gasteiger partial charge in [0.25, 0.3) is 0 Å². The van der Waals surface area contributed by atoms with Crippen molar-refractivity contribution < 1.29 is 4.79 Å². The standard InChI is InChI=1S/C12H11NOS2/c1-10(14)16-8-4-6-11-5-2-3-7-12(11)13-9-15/h2-7H,8H2,1H3. The van der Waals surface area contributed by atoms with Crippen LogP contribution < -0.4 is 0 Å². The van der Waals surface area contributed by atoms with Crippen LogP contribution in [0.4, 0.5) is 5.69 Å². The van der Waals surface area contributed by atoms with Crippen LogP contribution in [-0.4, -0.2) is 16.0 Å². The van der Waals surface area contributed by atoms with Crippen LogP contribution in [0.25, 0.3) is 6.08 Å². The minimum Gasteiger partial charge on any atom is -0.288 e. The van der Waals surface area contributed by atoms with Crippen molar-refractivity contribution in [2.45, 2.75) is 6.92 Å². The van der Waals surface area contributed by atoms with Crippen LogP contribution in [0.15, 0.2) is 35.3 Å². The third-order valence-corrected chi connectivity index (χ3v) is 2.64. The second kappa shape index (κ2) is 7.12. The van der Waals surface area contributed by atoms with Crippen LogP contribution in [0.5, 0.6) is 0 Å². The number of nitrogens with zero attached hydrogens (tertiary/aromatic N) is 1. The Morgan fingerprint density at radius 1 is 1.56 bits per heavy atom. The number of carbonyl (C=O) groups excluding carboxylic acids is 1. The number of aliphatic imine (C=N–C) groups is 1. The van der Waals surface area contributed by atoms with E-state index in [4.69, 9.17) is 0 Å². The molecule has 0 aliphatic carbocycles. The molecular weight excluding hydrogens is 238 g/mol. The molecule has 0 radical (unpaired) electrons. The van der Waals surface area contributed by atoms with E-state index in [2.05, 4.69) is 22.4 Å². The molecule has 0 aliphatic heterocycles. The van der Waals surface area contributed by atoms with E-state index >= 15 is 0 Å². The number of carbonyl (C=O) groups is 1. The number of hydrogen-bond donors (Lipinski definition) is 0. The number of rotatable bonds is 4. The molecule has 0 atom stereocenters. The second-order valence-corrected chi connectivity index (χ2v) is 4.35. The van der Waals surface area contributed by atoms with E-state index in [-0.39, 0.29) is 5.12 Å². The number of benzene rings is 1. The lowest BCUT2D eigenvalue weighted by atomic mass is 10.2. The molecule has 0 heterocycles. The Morgan fingerprint density at radius 3 is 3.00 bits per heavy atom. The lowest BCUT2D eigenvalue weighted by Gasteiger charge is -1.97. The van der Waals surface area contributed by atoms with Crippen molar-refractivity contribution in [2.75, 3.05) is 5.75 Å². The van der Waals surface area contributed by atoms with E-state index in [0.29, 0.717) is 5.75 Å². The van der Waals surface area contributed by atoms with Crippen LogP contribution in [0.2, 0.25) is 0 Å². The summed E-state index contributed by atoms with van der Waals surface area (Å²) in [6, 6.07) is 7.64. The third kappa shape index (κ3) is 4.53. The largest absolute Gasteiger partial charge is 0.288 e. The van der Waals surface area contributed by atoms with Crippen LogP contribution in [0.1, 0.15) is 12.5 Å². The number of thiocarbonyl (C=S) groups is 1. The van der Waals surface area contributed by atoms with Gasteiger partial charge >= 0.3 is 0 Å². The molecule has 0 fully saturated rings. The predicted molar refractivity (Wildman–Crippen MR) is 73.3 cm³/mol. The minimum atomic E-state index is 0.120. The van der Waals surface area contributed by atoms with Crippen molar-refractivity contribution >= 4 is 46.0 Å². The summed E-state index contributed by atoms with van der Waals surface area (Å²) in [4.78, 5) is 14.7. The molecule has 16 heavy (non-hydrogen) atoms. The van der Waals surface area contributed by atoms with Crippen molar-refractivity contribution in [2.24, 2.45) is 4.99 Å². The quantitative estimate of drug-likeness (QED) is 0.601. The molecule has 0 N–H and O–H groups in total. The molecule has 4 heteroatoms. The lowest BCUT2D eigenvalue weighted by Crippen LogP contribution is -1.81. The summed E-state index contributed by atoms with van der Waals surface area (Å²) in [6.45, 7) is 1.56. The van der Waals surface area contributed by atoms with Gasteiger partial charge in [0.1, 0.15) is 0 Å². The zero-order valence-corrected chi connectivity index (χ0v) is 10.5. The average molecular weight is 249 g/mol. The fraction of sp³-hybridized carbons (Fsp3) is 0.167. The smallest absolute Gasteiger partial charge is 0.186 e. The highest BCUT2D eigenvalue weighted by Gasteiger charge is 1.95. The number of hydrogen-bond acceptors (Lipinski definition) is 4. The summed E-state index contributed by atoms with van der Waals surface area (Å²) in [6.07, 6.45) is 3.87. The highest BCUT2D eigenvalue weighted by atomic mass is 32.2. The third-order valence-electron chi connectivity index (χ3n) is 1.78. The summed E-state index contributed by atoms with van der Waals surface area (Å²) in [5, 5.41) is 2.47. The Hall–Kier alpha value is -1.22. The molecule has 0 aliphatic rings. The van der Waals surface area contributed by atoms with Crippen LogP contribution in [0.3, 0.4) is 0 Å².